The van der Waals surface area contributed by atoms with Gasteiger partial charge in [0.1, 0.15) is 0 Å². The van der Waals surface area contributed by atoms with Gasteiger partial charge in [0.15, 0.2) is 0 Å². The Balaban J connectivity index is 1.16. The van der Waals surface area contributed by atoms with E-state index in [9.17, 15) is 15.0 Å². The fraction of sp³-hybridized carbons (Fsp3) is 0.400. The zero-order valence-corrected chi connectivity index (χ0v) is 25.6. The van der Waals surface area contributed by atoms with Gasteiger partial charge in [0.2, 0.25) is 11.8 Å². The number of piperazine rings is 1. The topological polar surface area (TPSA) is 115 Å². The van der Waals surface area contributed by atoms with Gasteiger partial charge in [-0.15, -0.1) is 0 Å². The molecule has 0 bridgehead atoms. The Kier molecular flexibility index (Phi) is 8.79. The van der Waals surface area contributed by atoms with Crippen molar-refractivity contribution in [2.45, 2.75) is 38.0 Å². The van der Waals surface area contributed by atoms with Crippen LogP contribution in [0.2, 0.25) is 0 Å². The van der Waals surface area contributed by atoms with Gasteiger partial charge in [-0.25, -0.2) is 0 Å². The third kappa shape index (κ3) is 6.55. The van der Waals surface area contributed by atoms with Gasteiger partial charge in [-0.3, -0.25) is 14.5 Å². The molecule has 9 nitrogen and oxygen atoms in total. The number of nitrogens with two attached hydrogens (primary N) is 1. The van der Waals surface area contributed by atoms with E-state index in [0.717, 1.165) is 67.9 Å². The molecule has 230 valence electrons. The summed E-state index contributed by atoms with van der Waals surface area (Å²) >= 11 is 0. The Morgan fingerprint density at radius 3 is 2.23 bits per heavy atom. The van der Waals surface area contributed by atoms with E-state index in [1.54, 1.807) is 12.1 Å². The van der Waals surface area contributed by atoms with Crippen molar-refractivity contribution in [2.75, 3.05) is 52.3 Å². The first kappa shape index (κ1) is 30.0. The number of benzene rings is 3. The predicted octanol–water partition coefficient (Wildman–Crippen LogP) is 4.19. The highest BCUT2D eigenvalue weighted by Gasteiger charge is 2.37. The van der Waals surface area contributed by atoms with Gasteiger partial charge in [0.25, 0.3) is 0 Å². The smallest absolute Gasteiger partial charge is 0.249 e. The lowest BCUT2D eigenvalue weighted by atomic mass is 9.76. The number of hydrogen-bond donors (Lipinski definition) is 3. The van der Waals surface area contributed by atoms with Crippen molar-refractivity contribution >= 4 is 23.2 Å². The number of hydrogen-bond acceptors (Lipinski definition) is 7. The van der Waals surface area contributed by atoms with Crippen LogP contribution in [0, 0.1) is 11.3 Å². The fourth-order valence-electron chi connectivity index (χ4n) is 6.37. The minimum Gasteiger partial charge on any atom is -0.377 e. The Morgan fingerprint density at radius 1 is 0.932 bits per heavy atom. The van der Waals surface area contributed by atoms with Gasteiger partial charge in [-0.05, 0) is 61.3 Å². The van der Waals surface area contributed by atoms with Crippen LogP contribution in [-0.2, 0) is 22.7 Å². The zero-order valence-electron chi connectivity index (χ0n) is 25.6. The van der Waals surface area contributed by atoms with Crippen LogP contribution in [0.5, 0.6) is 0 Å². The van der Waals surface area contributed by atoms with Crippen molar-refractivity contribution in [3.63, 3.8) is 0 Å². The van der Waals surface area contributed by atoms with Gasteiger partial charge >= 0.3 is 0 Å². The molecule has 4 N–H and O–H groups in total. The summed E-state index contributed by atoms with van der Waals surface area (Å²) < 4.78 is 6.05. The van der Waals surface area contributed by atoms with Crippen molar-refractivity contribution < 1.29 is 14.3 Å². The highest BCUT2D eigenvalue weighted by Crippen LogP contribution is 2.43. The van der Waals surface area contributed by atoms with E-state index in [4.69, 9.17) is 10.5 Å². The SMILES string of the molecule is CN(C)Cc1ccc(C2Nc3cccc(C(N)=O)c3C(=N)C2c2ccc(COCN3CCN(C(=O)C4CC4)CC3)cc2)cc1. The molecule has 2 aliphatic heterocycles. The highest BCUT2D eigenvalue weighted by molar-refractivity contribution is 6.16. The molecule has 3 aromatic rings. The number of nitrogens with one attached hydrogen (secondary N) is 2. The van der Waals surface area contributed by atoms with Crippen LogP contribution in [-0.4, -0.2) is 79.2 Å². The van der Waals surface area contributed by atoms with Crippen molar-refractivity contribution in [3.8, 4) is 0 Å². The summed E-state index contributed by atoms with van der Waals surface area (Å²) in [6, 6.07) is 22.0. The monoisotopic (exact) mass is 594 g/mol. The number of ether oxygens (including phenoxy) is 1. The molecule has 44 heavy (non-hydrogen) atoms. The summed E-state index contributed by atoms with van der Waals surface area (Å²) in [6.45, 7) is 5.07. The van der Waals surface area contributed by atoms with E-state index in [1.807, 2.05) is 11.0 Å². The first-order chi connectivity index (χ1) is 21.3. The molecule has 1 saturated carbocycles. The summed E-state index contributed by atoms with van der Waals surface area (Å²) in [4.78, 5) is 31.0. The molecule has 2 atom stereocenters. The maximum Gasteiger partial charge on any atom is 0.249 e. The summed E-state index contributed by atoms with van der Waals surface area (Å²) in [6.07, 6.45) is 2.09. The van der Waals surface area contributed by atoms with Crippen molar-refractivity contribution in [3.05, 3.63) is 100 Å². The van der Waals surface area contributed by atoms with Crippen LogP contribution in [0.25, 0.3) is 0 Å². The summed E-state index contributed by atoms with van der Waals surface area (Å²) in [5.41, 5.74) is 12.1. The van der Waals surface area contributed by atoms with E-state index < -0.39 is 5.91 Å². The number of nitrogens with zero attached hydrogens (tertiary/aromatic N) is 3. The first-order valence-corrected chi connectivity index (χ1v) is 15.5. The van der Waals surface area contributed by atoms with Gasteiger partial charge in [0, 0.05) is 49.9 Å². The average Bonchev–Trinajstić information content (AvgIpc) is 3.87. The zero-order chi connectivity index (χ0) is 30.8. The molecular formula is C35H42N6O3. The first-order valence-electron chi connectivity index (χ1n) is 15.5. The molecular weight excluding hydrogens is 552 g/mol. The Bertz CT molecular complexity index is 1510. The maximum absolute atomic E-state index is 12.3. The van der Waals surface area contributed by atoms with Crippen LogP contribution in [0.3, 0.4) is 0 Å². The third-order valence-corrected chi connectivity index (χ3v) is 8.88. The Labute approximate surface area is 259 Å². The average molecular weight is 595 g/mol. The van der Waals surface area contributed by atoms with Crippen LogP contribution in [0.15, 0.2) is 66.7 Å². The molecule has 1 aliphatic carbocycles. The predicted molar refractivity (Wildman–Crippen MR) is 172 cm³/mol. The fourth-order valence-corrected chi connectivity index (χ4v) is 6.37. The lowest BCUT2D eigenvalue weighted by Crippen LogP contribution is -2.49. The summed E-state index contributed by atoms with van der Waals surface area (Å²) in [5.74, 6) is -0.267. The summed E-state index contributed by atoms with van der Waals surface area (Å²) in [7, 11) is 4.10. The lowest BCUT2D eigenvalue weighted by molar-refractivity contribution is -0.135. The number of primary amides is 1. The molecule has 9 heteroatoms. The van der Waals surface area contributed by atoms with Crippen LogP contribution < -0.4 is 11.1 Å². The molecule has 2 fully saturated rings. The van der Waals surface area contributed by atoms with Crippen molar-refractivity contribution in [1.29, 1.82) is 5.41 Å². The van der Waals surface area contributed by atoms with Crippen LogP contribution in [0.1, 0.15) is 63.0 Å². The van der Waals surface area contributed by atoms with E-state index in [1.165, 1.54) is 5.56 Å². The second kappa shape index (κ2) is 12.9. The van der Waals surface area contributed by atoms with Gasteiger partial charge in [-0.1, -0.05) is 54.6 Å². The molecule has 2 amide bonds. The van der Waals surface area contributed by atoms with E-state index in [0.29, 0.717) is 36.1 Å². The number of rotatable bonds is 10. The van der Waals surface area contributed by atoms with Gasteiger partial charge in [0.05, 0.1) is 36.6 Å². The molecule has 0 aromatic heterocycles. The molecule has 1 saturated heterocycles. The molecule has 6 rings (SSSR count). The highest BCUT2D eigenvalue weighted by atomic mass is 16.5. The van der Waals surface area contributed by atoms with Crippen molar-refractivity contribution in [2.24, 2.45) is 11.7 Å². The van der Waals surface area contributed by atoms with Gasteiger partial charge < -0.3 is 31.0 Å². The number of anilines is 1. The van der Waals surface area contributed by atoms with E-state index in [-0.39, 0.29) is 17.9 Å². The number of fused-ring (bicyclic) bond motifs is 1. The number of carbonyl (C=O) groups is 2. The largest absolute Gasteiger partial charge is 0.377 e. The minimum absolute atomic E-state index is 0.195. The minimum atomic E-state index is -0.540. The quantitative estimate of drug-likeness (QED) is 0.324. The number of carbonyl (C=O) groups excluding carboxylic acids is 2. The second-order valence-corrected chi connectivity index (χ2v) is 12.5. The molecule has 3 aliphatic rings. The third-order valence-electron chi connectivity index (χ3n) is 8.88. The van der Waals surface area contributed by atoms with Crippen molar-refractivity contribution in [1.82, 2.24) is 14.7 Å². The maximum atomic E-state index is 12.3. The molecule has 3 aromatic carbocycles. The van der Waals surface area contributed by atoms with E-state index >= 15 is 0 Å². The summed E-state index contributed by atoms with van der Waals surface area (Å²) in [5, 5.41) is 13.0. The van der Waals surface area contributed by atoms with E-state index in [2.05, 4.69) is 77.7 Å². The standard InChI is InChI=1S/C35H42N6O3/c1-39(2)20-23-6-12-26(13-7-23)33-30(32(36)31-28(34(37)42)4-3-5-29(31)38-33)25-10-8-24(9-11-25)21-44-22-40-16-18-41(19-17-40)35(43)27-14-15-27/h3-13,27,30,33,36,38H,14-22H2,1-2H3,(H2,37,42). The van der Waals surface area contributed by atoms with Crippen LogP contribution in [0.4, 0.5) is 5.69 Å². The Morgan fingerprint density at radius 2 is 1.59 bits per heavy atom. The molecule has 0 radical (unpaired) electrons. The second-order valence-electron chi connectivity index (χ2n) is 12.5. The van der Waals surface area contributed by atoms with Gasteiger partial charge in [-0.2, -0.15) is 0 Å². The number of amides is 2. The lowest BCUT2D eigenvalue weighted by Gasteiger charge is -2.37. The normalized spacial score (nSPS) is 20.3. The molecule has 0 spiro atoms. The molecule has 2 unspecified atom stereocenters. The molecule has 2 heterocycles. The Hall–Kier alpha value is -4.05. The van der Waals surface area contributed by atoms with Crippen LogP contribution >= 0.6 is 0 Å².